The first kappa shape index (κ1) is 26.2. The van der Waals surface area contributed by atoms with Crippen LogP contribution in [-0.4, -0.2) is 48.3 Å². The van der Waals surface area contributed by atoms with Gasteiger partial charge in [-0.15, -0.1) is 0 Å². The van der Waals surface area contributed by atoms with E-state index in [0.29, 0.717) is 34.6 Å². The zero-order valence-corrected chi connectivity index (χ0v) is 22.8. The van der Waals surface area contributed by atoms with Gasteiger partial charge in [-0.25, -0.2) is 13.6 Å². The predicted octanol–water partition coefficient (Wildman–Crippen LogP) is 5.11. The van der Waals surface area contributed by atoms with E-state index >= 15 is 8.78 Å². The molecule has 2 aliphatic rings. The highest BCUT2D eigenvalue weighted by atomic mass is 19.1. The minimum absolute atomic E-state index is 0.146. The molecule has 0 spiro atoms. The Hall–Kier alpha value is -5.00. The van der Waals surface area contributed by atoms with Gasteiger partial charge in [0.05, 0.1) is 57.2 Å². The molecule has 10 nitrogen and oxygen atoms in total. The second-order valence-electron chi connectivity index (χ2n) is 9.61. The number of methoxy groups -OCH3 is 3. The van der Waals surface area contributed by atoms with E-state index in [4.69, 9.17) is 24.2 Å². The second-order valence-corrected chi connectivity index (χ2v) is 9.61. The Morgan fingerprint density at radius 1 is 0.976 bits per heavy atom. The van der Waals surface area contributed by atoms with Gasteiger partial charge in [0.1, 0.15) is 11.4 Å². The summed E-state index contributed by atoms with van der Waals surface area (Å²) in [7, 11) is 5.84. The molecule has 2 amide bonds. The van der Waals surface area contributed by atoms with E-state index in [-0.39, 0.29) is 24.1 Å². The Morgan fingerprint density at radius 2 is 1.68 bits per heavy atom. The third-order valence-corrected chi connectivity index (χ3v) is 7.23. The highest BCUT2D eigenvalue weighted by Crippen LogP contribution is 2.45. The van der Waals surface area contributed by atoms with Crippen LogP contribution in [0.3, 0.4) is 0 Å². The third-order valence-electron chi connectivity index (χ3n) is 7.23. The Bertz CT molecular complexity index is 1660. The maximum atomic E-state index is 15.5. The third kappa shape index (κ3) is 4.31. The van der Waals surface area contributed by atoms with Crippen LogP contribution in [0.1, 0.15) is 28.4 Å². The molecule has 41 heavy (non-hydrogen) atoms. The number of ether oxygens (including phenoxy) is 3. The number of carbonyl (C=O) groups is 1. The number of amides is 2. The largest absolute Gasteiger partial charge is 0.497 e. The molecule has 0 fully saturated rings. The molecule has 2 aliphatic heterocycles. The van der Waals surface area contributed by atoms with Crippen molar-refractivity contribution in [2.45, 2.75) is 19.0 Å². The summed E-state index contributed by atoms with van der Waals surface area (Å²) < 4.78 is 48.1. The maximum Gasteiger partial charge on any atom is 0.334 e. The molecule has 0 aliphatic carbocycles. The number of fused-ring (bicyclic) bond motifs is 3. The Labute approximate surface area is 234 Å². The first-order chi connectivity index (χ1) is 19.8. The zero-order valence-electron chi connectivity index (χ0n) is 22.8. The number of hydrogen-bond acceptors (Lipinski definition) is 7. The number of urea groups is 1. The topological polar surface area (TPSA) is 94.3 Å². The van der Waals surface area contributed by atoms with Gasteiger partial charge in [-0.3, -0.25) is 24.5 Å². The first-order valence-corrected chi connectivity index (χ1v) is 12.7. The molecule has 0 saturated carbocycles. The summed E-state index contributed by atoms with van der Waals surface area (Å²) in [5.74, 6) is -1.81. The Balaban J connectivity index is 1.46. The lowest BCUT2D eigenvalue weighted by atomic mass is 9.98. The number of benzene rings is 2. The zero-order chi connectivity index (χ0) is 28.8. The quantitative estimate of drug-likeness (QED) is 0.312. The van der Waals surface area contributed by atoms with Gasteiger partial charge in [-0.1, -0.05) is 12.1 Å². The lowest BCUT2D eigenvalue weighted by Crippen LogP contribution is -2.46. The molecule has 6 rings (SSSR count). The van der Waals surface area contributed by atoms with E-state index < -0.39 is 23.4 Å². The van der Waals surface area contributed by atoms with Crippen molar-refractivity contribution >= 4 is 29.3 Å². The van der Waals surface area contributed by atoms with Crippen molar-refractivity contribution < 1.29 is 27.8 Å². The number of aromatic nitrogens is 3. The van der Waals surface area contributed by atoms with Gasteiger partial charge in [-0.2, -0.15) is 5.10 Å². The highest BCUT2D eigenvalue weighted by molar-refractivity contribution is 6.14. The molecule has 1 unspecified atom stereocenters. The fourth-order valence-corrected chi connectivity index (χ4v) is 5.22. The fraction of sp³-hybridized carbons (Fsp3) is 0.241. The van der Waals surface area contributed by atoms with E-state index in [1.165, 1.54) is 25.3 Å². The predicted molar refractivity (Wildman–Crippen MR) is 148 cm³/mol. The summed E-state index contributed by atoms with van der Waals surface area (Å²) in [6.07, 6.45) is 7.08. The lowest BCUT2D eigenvalue weighted by Gasteiger charge is -2.37. The van der Waals surface area contributed by atoms with Crippen LogP contribution in [-0.2, 0) is 20.0 Å². The van der Waals surface area contributed by atoms with E-state index in [0.717, 1.165) is 22.3 Å². The molecule has 4 aromatic rings. The Morgan fingerprint density at radius 3 is 2.29 bits per heavy atom. The number of pyridine rings is 1. The van der Waals surface area contributed by atoms with Crippen molar-refractivity contribution in [3.05, 3.63) is 82.9 Å². The second kappa shape index (κ2) is 10.2. The van der Waals surface area contributed by atoms with Gasteiger partial charge in [0.15, 0.2) is 23.1 Å². The number of rotatable bonds is 7. The van der Waals surface area contributed by atoms with E-state index in [9.17, 15) is 4.79 Å². The van der Waals surface area contributed by atoms with E-state index in [1.807, 2.05) is 24.3 Å². The van der Waals surface area contributed by atoms with E-state index in [2.05, 4.69) is 5.10 Å². The average Bonchev–Trinajstić information content (AvgIpc) is 3.60. The molecule has 0 bridgehead atoms. The molecule has 12 heteroatoms. The molecule has 4 heterocycles. The number of hydrogen-bond donors (Lipinski definition) is 0. The molecule has 0 radical (unpaired) electrons. The van der Waals surface area contributed by atoms with Crippen molar-refractivity contribution in [1.29, 1.82) is 0 Å². The van der Waals surface area contributed by atoms with Crippen LogP contribution >= 0.6 is 0 Å². The van der Waals surface area contributed by atoms with Crippen LogP contribution in [0.15, 0.2) is 53.9 Å². The van der Waals surface area contributed by atoms with Crippen molar-refractivity contribution in [3.63, 3.8) is 0 Å². The van der Waals surface area contributed by atoms with Crippen LogP contribution in [0.2, 0.25) is 0 Å². The van der Waals surface area contributed by atoms with Crippen molar-refractivity contribution in [2.24, 2.45) is 12.0 Å². The molecular weight excluding hydrogens is 534 g/mol. The number of nitrogens with zero attached hydrogens (tertiary/aromatic N) is 6. The molecular formula is C29H26F2N6O4. The standard InChI is InChI=1S/C29H26F2N6O4/c1-35-15-18(12-34-35)37-27-17(14-36(29(37)38)28-24(30)22(40-3)10-23(41-4)25(28)31)11-33-26-20(27)13-32-21(26)9-16-5-7-19(39-2)8-6-16/h5-8,10-13,15,21H,9,14H2,1-4H3. The van der Waals surface area contributed by atoms with Crippen LogP contribution < -0.4 is 24.0 Å². The minimum atomic E-state index is -1.02. The van der Waals surface area contributed by atoms with Crippen molar-refractivity contribution in [2.75, 3.05) is 31.1 Å². The van der Waals surface area contributed by atoms with Gasteiger partial charge in [0.2, 0.25) is 0 Å². The van der Waals surface area contributed by atoms with Crippen molar-refractivity contribution in [3.8, 4) is 17.2 Å². The first-order valence-electron chi connectivity index (χ1n) is 12.7. The average molecular weight is 561 g/mol. The van der Waals surface area contributed by atoms with Gasteiger partial charge >= 0.3 is 6.03 Å². The number of carbonyl (C=O) groups excluding carboxylic acids is 1. The number of aliphatic imine (C=N–C) groups is 1. The maximum absolute atomic E-state index is 15.5. The summed E-state index contributed by atoms with van der Waals surface area (Å²) in [5.41, 5.74) is 3.36. The van der Waals surface area contributed by atoms with Crippen LogP contribution in [0.5, 0.6) is 17.2 Å². The summed E-state index contributed by atoms with van der Waals surface area (Å²) in [5, 5.41) is 4.22. The van der Waals surface area contributed by atoms with Crippen LogP contribution in [0.4, 0.5) is 30.6 Å². The molecule has 2 aromatic carbocycles. The summed E-state index contributed by atoms with van der Waals surface area (Å²) >= 11 is 0. The summed E-state index contributed by atoms with van der Waals surface area (Å²) in [4.78, 5) is 26.0. The SMILES string of the molecule is COc1ccc(CC2N=Cc3c2ncc2c3N(c3cnn(C)c3)C(=O)N(c3c(F)c(OC)cc(OC)c3F)C2)cc1. The van der Waals surface area contributed by atoms with E-state index in [1.54, 1.807) is 37.4 Å². The summed E-state index contributed by atoms with van der Waals surface area (Å²) in [6.45, 7) is -0.146. The number of aryl methyl sites for hydroxylation is 1. The van der Waals surface area contributed by atoms with Crippen molar-refractivity contribution in [1.82, 2.24) is 14.8 Å². The highest BCUT2D eigenvalue weighted by Gasteiger charge is 2.40. The normalized spacial score (nSPS) is 15.7. The van der Waals surface area contributed by atoms with Gasteiger partial charge < -0.3 is 14.2 Å². The summed E-state index contributed by atoms with van der Waals surface area (Å²) in [6, 6.07) is 7.86. The lowest BCUT2D eigenvalue weighted by molar-refractivity contribution is 0.251. The van der Waals surface area contributed by atoms with Gasteiger partial charge in [0, 0.05) is 49.3 Å². The smallest absolute Gasteiger partial charge is 0.334 e. The minimum Gasteiger partial charge on any atom is -0.497 e. The fourth-order valence-electron chi connectivity index (χ4n) is 5.22. The molecule has 210 valence electrons. The molecule has 0 saturated heterocycles. The molecule has 1 atom stereocenters. The van der Waals surface area contributed by atoms with Crippen LogP contribution in [0, 0.1) is 11.6 Å². The molecule has 0 N–H and O–H groups in total. The number of anilines is 3. The number of halogens is 2. The Kier molecular flexibility index (Phi) is 6.52. The van der Waals surface area contributed by atoms with Gasteiger partial charge in [-0.05, 0) is 17.7 Å². The van der Waals surface area contributed by atoms with Crippen LogP contribution in [0.25, 0.3) is 0 Å². The monoisotopic (exact) mass is 560 g/mol. The molecule has 2 aromatic heterocycles. The van der Waals surface area contributed by atoms with Gasteiger partial charge in [0.25, 0.3) is 0 Å².